The van der Waals surface area contributed by atoms with E-state index in [0.717, 1.165) is 17.3 Å². The fraction of sp³-hybridized carbons (Fsp3) is 0.200. The number of ketones is 1. The molecule has 5 nitrogen and oxygen atoms in total. The Morgan fingerprint density at radius 1 is 1.20 bits per heavy atom. The lowest BCUT2D eigenvalue weighted by atomic mass is 10.1. The van der Waals surface area contributed by atoms with E-state index in [-0.39, 0.29) is 5.78 Å². The molecule has 20 heavy (non-hydrogen) atoms. The summed E-state index contributed by atoms with van der Waals surface area (Å²) in [4.78, 5) is 16.9. The van der Waals surface area contributed by atoms with Crippen LogP contribution in [0.5, 0.6) is 0 Å². The lowest BCUT2D eigenvalue weighted by Gasteiger charge is -2.04. The molecule has 1 aromatic carbocycles. The van der Waals surface area contributed by atoms with Crippen molar-refractivity contribution < 1.29 is 4.79 Å². The van der Waals surface area contributed by atoms with Crippen molar-refractivity contribution in [3.63, 3.8) is 0 Å². The van der Waals surface area contributed by atoms with Crippen molar-refractivity contribution in [1.29, 1.82) is 0 Å². The Hall–Kier alpha value is -2.56. The van der Waals surface area contributed by atoms with E-state index in [1.54, 1.807) is 10.7 Å². The Balaban J connectivity index is 2.01. The van der Waals surface area contributed by atoms with Crippen LogP contribution < -0.4 is 0 Å². The second kappa shape index (κ2) is 5.21. The van der Waals surface area contributed by atoms with E-state index in [1.807, 2.05) is 37.3 Å². The van der Waals surface area contributed by atoms with Gasteiger partial charge in [-0.2, -0.15) is 0 Å². The van der Waals surface area contributed by atoms with Crippen molar-refractivity contribution in [2.75, 3.05) is 0 Å². The molecule has 0 saturated carbocycles. The van der Waals surface area contributed by atoms with Crippen molar-refractivity contribution in [1.82, 2.24) is 20.0 Å². The minimum atomic E-state index is -0.144. The number of hydrogen-bond donors (Lipinski definition) is 0. The molecule has 0 N–H and O–H groups in total. The van der Waals surface area contributed by atoms with E-state index in [1.165, 1.54) is 6.20 Å². The van der Waals surface area contributed by atoms with Gasteiger partial charge in [0, 0.05) is 11.9 Å². The van der Waals surface area contributed by atoms with Crippen LogP contribution >= 0.6 is 0 Å². The first-order valence-electron chi connectivity index (χ1n) is 6.58. The molecule has 0 aliphatic rings. The summed E-state index contributed by atoms with van der Waals surface area (Å²) in [6.07, 6.45) is 2.39. The van der Waals surface area contributed by atoms with Crippen LogP contribution in [0.25, 0.3) is 10.9 Å². The van der Waals surface area contributed by atoms with E-state index < -0.39 is 0 Å². The van der Waals surface area contributed by atoms with Crippen LogP contribution in [0, 0.1) is 0 Å². The van der Waals surface area contributed by atoms with Crippen molar-refractivity contribution in [3.05, 3.63) is 54.0 Å². The van der Waals surface area contributed by atoms with Gasteiger partial charge in [0.15, 0.2) is 0 Å². The van der Waals surface area contributed by atoms with Gasteiger partial charge in [0.05, 0.1) is 11.7 Å². The molecule has 0 aliphatic carbocycles. The number of aryl methyl sites for hydroxylation is 1. The molecule has 100 valence electrons. The van der Waals surface area contributed by atoms with Crippen molar-refractivity contribution in [2.45, 2.75) is 19.9 Å². The predicted octanol–water partition coefficient (Wildman–Crippen LogP) is 2.47. The van der Waals surface area contributed by atoms with Gasteiger partial charge in [-0.3, -0.25) is 4.79 Å². The highest BCUT2D eigenvalue weighted by molar-refractivity contribution is 6.07. The molecule has 5 heteroatoms. The highest BCUT2D eigenvalue weighted by Crippen LogP contribution is 2.14. The molecule has 0 aliphatic heterocycles. The smallest absolute Gasteiger partial charge is 0.230 e. The van der Waals surface area contributed by atoms with Crippen LogP contribution in [0.15, 0.2) is 42.6 Å². The van der Waals surface area contributed by atoms with Crippen molar-refractivity contribution in [3.8, 4) is 0 Å². The number of aromatic nitrogens is 4. The largest absolute Gasteiger partial charge is 0.285 e. The average Bonchev–Trinajstić information content (AvgIpc) is 2.94. The monoisotopic (exact) mass is 266 g/mol. The first-order valence-corrected chi connectivity index (χ1v) is 6.58. The lowest BCUT2D eigenvalue weighted by Crippen LogP contribution is -2.12. The first-order chi connectivity index (χ1) is 9.79. The number of benzene rings is 1. The molecule has 2 heterocycles. The summed E-state index contributed by atoms with van der Waals surface area (Å²) in [7, 11) is 0. The number of rotatable bonds is 4. The minimum absolute atomic E-state index is 0.144. The molecule has 0 saturated heterocycles. The van der Waals surface area contributed by atoms with Gasteiger partial charge in [-0.25, -0.2) is 9.67 Å². The Kier molecular flexibility index (Phi) is 3.25. The van der Waals surface area contributed by atoms with E-state index >= 15 is 0 Å². The topological polar surface area (TPSA) is 60.7 Å². The molecule has 0 fully saturated rings. The summed E-state index contributed by atoms with van der Waals surface area (Å²) in [5, 5.41) is 8.76. The van der Waals surface area contributed by atoms with Crippen molar-refractivity contribution >= 4 is 16.7 Å². The number of fused-ring (bicyclic) bond motifs is 1. The summed E-state index contributed by atoms with van der Waals surface area (Å²) >= 11 is 0. The summed E-state index contributed by atoms with van der Waals surface area (Å²) < 4.78 is 1.62. The number of hydrogen-bond acceptors (Lipinski definition) is 4. The van der Waals surface area contributed by atoms with Gasteiger partial charge in [0.2, 0.25) is 5.78 Å². The van der Waals surface area contributed by atoms with Gasteiger partial charge in [0.25, 0.3) is 0 Å². The molecule has 0 atom stereocenters. The van der Waals surface area contributed by atoms with Crippen LogP contribution in [-0.2, 0) is 6.54 Å². The molecule has 0 spiro atoms. The van der Waals surface area contributed by atoms with Crippen LogP contribution in [0.1, 0.15) is 29.5 Å². The number of para-hydroxylation sites is 1. The van der Waals surface area contributed by atoms with Crippen LogP contribution in [0.4, 0.5) is 0 Å². The van der Waals surface area contributed by atoms with Crippen molar-refractivity contribution in [2.24, 2.45) is 0 Å². The maximum absolute atomic E-state index is 12.5. The van der Waals surface area contributed by atoms with Crippen LogP contribution in [-0.4, -0.2) is 25.8 Å². The van der Waals surface area contributed by atoms with Gasteiger partial charge in [-0.15, -0.1) is 5.10 Å². The molecule has 0 radical (unpaired) electrons. The fourth-order valence-corrected chi connectivity index (χ4v) is 2.13. The highest BCUT2D eigenvalue weighted by atomic mass is 16.1. The Morgan fingerprint density at radius 2 is 2.05 bits per heavy atom. The zero-order chi connectivity index (χ0) is 13.9. The zero-order valence-corrected chi connectivity index (χ0v) is 11.2. The molecule has 2 aromatic heterocycles. The Labute approximate surface area is 116 Å². The van der Waals surface area contributed by atoms with E-state index in [4.69, 9.17) is 0 Å². The number of carbonyl (C=O) groups excluding carboxylic acids is 1. The summed E-state index contributed by atoms with van der Waals surface area (Å²) in [6, 6.07) is 11.4. The third kappa shape index (κ3) is 2.18. The van der Waals surface area contributed by atoms with Gasteiger partial charge >= 0.3 is 0 Å². The third-order valence-electron chi connectivity index (χ3n) is 3.12. The zero-order valence-electron chi connectivity index (χ0n) is 11.2. The third-order valence-corrected chi connectivity index (χ3v) is 3.12. The molecule has 0 unspecified atom stereocenters. The van der Waals surface area contributed by atoms with E-state index in [0.29, 0.717) is 17.9 Å². The number of nitrogens with zero attached hydrogens (tertiary/aromatic N) is 4. The Bertz CT molecular complexity index is 763. The molecule has 0 amide bonds. The van der Waals surface area contributed by atoms with Gasteiger partial charge in [0.1, 0.15) is 11.4 Å². The number of pyridine rings is 1. The summed E-state index contributed by atoms with van der Waals surface area (Å²) in [6.45, 7) is 2.71. The lowest BCUT2D eigenvalue weighted by molar-refractivity contribution is 0.102. The molecule has 3 aromatic rings. The molecule has 3 rings (SSSR count). The minimum Gasteiger partial charge on any atom is -0.285 e. The van der Waals surface area contributed by atoms with Gasteiger partial charge in [-0.1, -0.05) is 36.4 Å². The SMILES string of the molecule is CCCn1nncc1C(=O)c1ccc2ccccc2n1. The normalized spacial score (nSPS) is 10.8. The summed E-state index contributed by atoms with van der Waals surface area (Å²) in [5.41, 5.74) is 1.71. The van der Waals surface area contributed by atoms with Crippen LogP contribution in [0.2, 0.25) is 0 Å². The Morgan fingerprint density at radius 3 is 2.90 bits per heavy atom. The average molecular weight is 266 g/mol. The molecular weight excluding hydrogens is 252 g/mol. The number of carbonyl (C=O) groups is 1. The highest BCUT2D eigenvalue weighted by Gasteiger charge is 2.16. The van der Waals surface area contributed by atoms with Crippen LogP contribution in [0.3, 0.4) is 0 Å². The maximum Gasteiger partial charge on any atom is 0.230 e. The van der Waals surface area contributed by atoms with E-state index in [9.17, 15) is 4.79 Å². The standard InChI is InChI=1S/C15H14N4O/c1-2-9-19-14(10-16-18-19)15(20)13-8-7-11-5-3-4-6-12(11)17-13/h3-8,10H,2,9H2,1H3. The second-order valence-corrected chi connectivity index (χ2v) is 4.56. The second-order valence-electron chi connectivity index (χ2n) is 4.56. The fourth-order valence-electron chi connectivity index (χ4n) is 2.13. The van der Waals surface area contributed by atoms with Gasteiger partial charge < -0.3 is 0 Å². The summed E-state index contributed by atoms with van der Waals surface area (Å²) in [5.74, 6) is -0.144. The van der Waals surface area contributed by atoms with Gasteiger partial charge in [-0.05, 0) is 18.6 Å². The van der Waals surface area contributed by atoms with E-state index in [2.05, 4.69) is 15.3 Å². The first kappa shape index (κ1) is 12.5. The molecular formula is C15H14N4O. The predicted molar refractivity (Wildman–Crippen MR) is 75.5 cm³/mol. The quantitative estimate of drug-likeness (QED) is 0.681. The molecule has 0 bridgehead atoms. The maximum atomic E-state index is 12.5.